The number of hydrogen-bond acceptors (Lipinski definition) is 2. The molecule has 0 fully saturated rings. The number of rotatable bonds is 6. The maximum Gasteiger partial charge on any atom is 0.127 e. The van der Waals surface area contributed by atoms with Crippen LogP contribution in [0.2, 0.25) is 0 Å². The zero-order chi connectivity index (χ0) is 13.3. The molecule has 2 aromatic rings. The fourth-order valence-electron chi connectivity index (χ4n) is 1.81. The number of hydrogen-bond donors (Lipinski definition) is 0. The van der Waals surface area contributed by atoms with Crippen molar-refractivity contribution >= 4 is 0 Å². The van der Waals surface area contributed by atoms with Crippen molar-refractivity contribution in [3.8, 4) is 16.9 Å². The minimum atomic E-state index is 0.462. The lowest BCUT2D eigenvalue weighted by molar-refractivity contribution is 0.314. The molecule has 2 aromatic carbocycles. The predicted molar refractivity (Wildman–Crippen MR) is 76.0 cm³/mol. The van der Waals surface area contributed by atoms with Crippen LogP contribution in [0.3, 0.4) is 0 Å². The van der Waals surface area contributed by atoms with Gasteiger partial charge in [0.1, 0.15) is 5.75 Å². The van der Waals surface area contributed by atoms with Crippen LogP contribution in [0.15, 0.2) is 59.7 Å². The largest absolute Gasteiger partial charge is 0.493 e. The molecule has 0 saturated heterocycles. The van der Waals surface area contributed by atoms with Crippen molar-refractivity contribution in [1.82, 2.24) is 0 Å². The van der Waals surface area contributed by atoms with Crippen molar-refractivity contribution in [3.63, 3.8) is 0 Å². The maximum atomic E-state index is 8.19. The van der Waals surface area contributed by atoms with Crippen LogP contribution in [-0.2, 0) is 0 Å². The molecule has 0 aliphatic heterocycles. The van der Waals surface area contributed by atoms with Crippen molar-refractivity contribution in [2.75, 3.05) is 13.2 Å². The maximum absolute atomic E-state index is 8.19. The summed E-state index contributed by atoms with van der Waals surface area (Å²) in [4.78, 5) is 2.71. The topological polar surface area (TPSA) is 58.0 Å². The molecule has 0 bridgehead atoms. The van der Waals surface area contributed by atoms with Crippen molar-refractivity contribution < 1.29 is 4.74 Å². The lowest BCUT2D eigenvalue weighted by atomic mass is 10.1. The molecule has 0 radical (unpaired) electrons. The standard InChI is InChI=1S/C15H15N3O/c16-18-17-11-6-12-19-15-10-5-4-9-14(15)13-7-2-1-3-8-13/h1-5,7-10H,6,11-12H2. The molecule has 0 saturated carbocycles. The molecule has 2 rings (SSSR count). The Labute approximate surface area is 112 Å². The smallest absolute Gasteiger partial charge is 0.127 e. The number of azide groups is 1. The van der Waals surface area contributed by atoms with E-state index in [1.807, 2.05) is 42.5 Å². The Hall–Kier alpha value is -2.45. The van der Waals surface area contributed by atoms with Crippen molar-refractivity contribution in [2.24, 2.45) is 5.11 Å². The molecule has 0 aliphatic carbocycles. The van der Waals surface area contributed by atoms with E-state index in [-0.39, 0.29) is 0 Å². The lowest BCUT2D eigenvalue weighted by Crippen LogP contribution is -2.00. The molecule has 19 heavy (non-hydrogen) atoms. The molecule has 0 heterocycles. The summed E-state index contributed by atoms with van der Waals surface area (Å²) in [5, 5.41) is 3.48. The first-order valence-corrected chi connectivity index (χ1v) is 6.20. The summed E-state index contributed by atoms with van der Waals surface area (Å²) >= 11 is 0. The molecule has 0 atom stereocenters. The Bertz CT molecular complexity index is 563. The lowest BCUT2D eigenvalue weighted by Gasteiger charge is -2.11. The molecule has 4 nitrogen and oxygen atoms in total. The highest BCUT2D eigenvalue weighted by Crippen LogP contribution is 2.29. The summed E-state index contributed by atoms with van der Waals surface area (Å²) in [5.74, 6) is 0.856. The van der Waals surface area contributed by atoms with Crippen LogP contribution >= 0.6 is 0 Å². The summed E-state index contributed by atoms with van der Waals surface area (Å²) in [7, 11) is 0. The van der Waals surface area contributed by atoms with Crippen LogP contribution in [0.25, 0.3) is 21.6 Å². The number of para-hydroxylation sites is 1. The summed E-state index contributed by atoms with van der Waals surface area (Å²) in [6, 6.07) is 18.1. The molecule has 0 N–H and O–H groups in total. The molecular weight excluding hydrogens is 238 g/mol. The second kappa shape index (κ2) is 7.09. The Kier molecular flexibility index (Phi) is 4.85. The normalized spacial score (nSPS) is 9.68. The monoisotopic (exact) mass is 253 g/mol. The molecule has 4 heteroatoms. The van der Waals surface area contributed by atoms with Crippen LogP contribution in [0.1, 0.15) is 6.42 Å². The quantitative estimate of drug-likeness (QED) is 0.325. The Balaban J connectivity index is 2.07. The molecule has 0 amide bonds. The summed E-state index contributed by atoms with van der Waals surface area (Å²) in [6.45, 7) is 1.01. The van der Waals surface area contributed by atoms with Gasteiger partial charge in [-0.25, -0.2) is 0 Å². The van der Waals surface area contributed by atoms with Gasteiger partial charge in [-0.2, -0.15) is 0 Å². The van der Waals surface area contributed by atoms with Gasteiger partial charge in [-0.05, 0) is 23.6 Å². The van der Waals surface area contributed by atoms with Gasteiger partial charge in [0.2, 0.25) is 0 Å². The van der Waals surface area contributed by atoms with Gasteiger partial charge in [-0.3, -0.25) is 0 Å². The van der Waals surface area contributed by atoms with E-state index in [0.717, 1.165) is 16.9 Å². The van der Waals surface area contributed by atoms with E-state index >= 15 is 0 Å². The number of nitrogens with zero attached hydrogens (tertiary/aromatic N) is 3. The fourth-order valence-corrected chi connectivity index (χ4v) is 1.81. The molecule has 0 spiro atoms. The van der Waals surface area contributed by atoms with Crippen molar-refractivity contribution in [3.05, 3.63) is 65.0 Å². The number of benzene rings is 2. The van der Waals surface area contributed by atoms with E-state index in [1.54, 1.807) is 0 Å². The second-order valence-corrected chi connectivity index (χ2v) is 4.02. The average molecular weight is 253 g/mol. The van der Waals surface area contributed by atoms with Crippen LogP contribution in [-0.4, -0.2) is 13.2 Å². The molecule has 0 aromatic heterocycles. The highest BCUT2D eigenvalue weighted by molar-refractivity contribution is 5.70. The minimum absolute atomic E-state index is 0.462. The van der Waals surface area contributed by atoms with Gasteiger partial charge in [0.15, 0.2) is 0 Å². The minimum Gasteiger partial charge on any atom is -0.493 e. The van der Waals surface area contributed by atoms with Crippen LogP contribution in [0, 0.1) is 0 Å². The Morgan fingerprint density at radius 3 is 2.53 bits per heavy atom. The summed E-state index contributed by atoms with van der Waals surface area (Å²) in [5.41, 5.74) is 10.4. The average Bonchev–Trinajstić information content (AvgIpc) is 2.48. The van der Waals surface area contributed by atoms with Gasteiger partial charge in [-0.15, -0.1) is 0 Å². The van der Waals surface area contributed by atoms with Crippen molar-refractivity contribution in [2.45, 2.75) is 6.42 Å². The van der Waals surface area contributed by atoms with E-state index in [0.29, 0.717) is 19.6 Å². The zero-order valence-electron chi connectivity index (χ0n) is 10.6. The van der Waals surface area contributed by atoms with Gasteiger partial charge in [-0.1, -0.05) is 53.6 Å². The van der Waals surface area contributed by atoms with Gasteiger partial charge in [0, 0.05) is 17.0 Å². The highest BCUT2D eigenvalue weighted by atomic mass is 16.5. The first-order chi connectivity index (χ1) is 9.42. The first kappa shape index (κ1) is 13.0. The van der Waals surface area contributed by atoms with Crippen LogP contribution < -0.4 is 4.74 Å². The third-order valence-electron chi connectivity index (χ3n) is 2.70. The fraction of sp³-hybridized carbons (Fsp3) is 0.200. The second-order valence-electron chi connectivity index (χ2n) is 4.02. The van der Waals surface area contributed by atoms with Gasteiger partial charge in [0.25, 0.3) is 0 Å². The summed E-state index contributed by atoms with van der Waals surface area (Å²) < 4.78 is 5.75. The van der Waals surface area contributed by atoms with Gasteiger partial charge < -0.3 is 4.74 Å². The van der Waals surface area contributed by atoms with E-state index in [2.05, 4.69) is 22.2 Å². The number of ether oxygens (including phenoxy) is 1. The third-order valence-corrected chi connectivity index (χ3v) is 2.70. The third kappa shape index (κ3) is 3.76. The van der Waals surface area contributed by atoms with Crippen LogP contribution in [0.5, 0.6) is 5.75 Å². The van der Waals surface area contributed by atoms with E-state index < -0.39 is 0 Å². The highest BCUT2D eigenvalue weighted by Gasteiger charge is 2.04. The van der Waals surface area contributed by atoms with E-state index in [9.17, 15) is 0 Å². The van der Waals surface area contributed by atoms with Gasteiger partial charge >= 0.3 is 0 Å². The summed E-state index contributed by atoms with van der Waals surface area (Å²) in [6.07, 6.45) is 0.715. The first-order valence-electron chi connectivity index (χ1n) is 6.20. The molecule has 0 aliphatic rings. The SMILES string of the molecule is [N-]=[N+]=NCCCOc1ccccc1-c1ccccc1. The van der Waals surface area contributed by atoms with E-state index in [1.165, 1.54) is 0 Å². The zero-order valence-corrected chi connectivity index (χ0v) is 10.6. The van der Waals surface area contributed by atoms with Crippen LogP contribution in [0.4, 0.5) is 0 Å². The van der Waals surface area contributed by atoms with E-state index in [4.69, 9.17) is 10.3 Å². The van der Waals surface area contributed by atoms with Gasteiger partial charge in [0.05, 0.1) is 6.61 Å². The van der Waals surface area contributed by atoms with Crippen molar-refractivity contribution in [1.29, 1.82) is 0 Å². The predicted octanol–water partition coefficient (Wildman–Crippen LogP) is 4.43. The molecule has 0 unspecified atom stereocenters. The molecule has 96 valence electrons. The Morgan fingerprint density at radius 2 is 1.74 bits per heavy atom. The molecular formula is C15H15N3O. The Morgan fingerprint density at radius 1 is 1.00 bits per heavy atom.